The molecule has 11 heavy (non-hydrogen) atoms. The van der Waals surface area contributed by atoms with Crippen molar-refractivity contribution in [2.45, 2.75) is 32.6 Å². The summed E-state index contributed by atoms with van der Waals surface area (Å²) in [7, 11) is 0. The van der Waals surface area contributed by atoms with Crippen LogP contribution in [-0.2, 0) is 4.79 Å². The normalized spacial score (nSPS) is 30.6. The van der Waals surface area contributed by atoms with E-state index in [-0.39, 0.29) is 25.7 Å². The summed E-state index contributed by atoms with van der Waals surface area (Å²) >= 11 is 0. The van der Waals surface area contributed by atoms with E-state index in [1.165, 1.54) is 6.42 Å². The van der Waals surface area contributed by atoms with Crippen LogP contribution in [-0.4, -0.2) is 30.9 Å². The van der Waals surface area contributed by atoms with Gasteiger partial charge < -0.3 is 5.11 Å². The zero-order chi connectivity index (χ0) is 7.56. The first kappa shape index (κ1) is 11.1. The number of hydrogen-bond donors (Lipinski definition) is 1. The summed E-state index contributed by atoms with van der Waals surface area (Å²) in [6, 6.07) is 0. The van der Waals surface area contributed by atoms with Crippen LogP contribution in [0.25, 0.3) is 0 Å². The Hall–Kier alpha value is 0.106. The molecule has 2 nitrogen and oxygen atoms in total. The fourth-order valence-corrected chi connectivity index (χ4v) is 1.68. The van der Waals surface area contributed by atoms with Gasteiger partial charge in [-0.2, -0.15) is 0 Å². The summed E-state index contributed by atoms with van der Waals surface area (Å²) in [5.74, 6) is -0.271. The van der Waals surface area contributed by atoms with Crippen LogP contribution >= 0.6 is 0 Å². The van der Waals surface area contributed by atoms with Crippen LogP contribution in [0, 0.1) is 11.8 Å². The number of carboxylic acid groups (broad SMARTS) is 1. The Kier molecular flexibility index (Phi) is 4.93. The van der Waals surface area contributed by atoms with Gasteiger partial charge in [-0.15, -0.1) is 0 Å². The molecule has 0 aromatic heterocycles. The molecule has 3 heteroatoms. The predicted molar refractivity (Wildman–Crippen MR) is 48.7 cm³/mol. The van der Waals surface area contributed by atoms with Gasteiger partial charge in [-0.1, -0.05) is 19.8 Å². The molecule has 1 aliphatic carbocycles. The molecule has 0 amide bonds. The molecule has 1 saturated carbocycles. The molecule has 2 unspecified atom stereocenters. The van der Waals surface area contributed by atoms with Crippen LogP contribution in [0.3, 0.4) is 0 Å². The molecule has 1 rings (SSSR count). The van der Waals surface area contributed by atoms with Crippen LogP contribution in [0.4, 0.5) is 0 Å². The molecule has 0 aromatic carbocycles. The number of carbonyl (C=O) groups is 1. The van der Waals surface area contributed by atoms with Crippen LogP contribution in [0.15, 0.2) is 0 Å². The van der Waals surface area contributed by atoms with Crippen LogP contribution in [0.1, 0.15) is 32.6 Å². The second kappa shape index (κ2) is 4.88. The topological polar surface area (TPSA) is 37.3 Å². The average Bonchev–Trinajstić information content (AvgIpc) is 1.88. The van der Waals surface area contributed by atoms with Gasteiger partial charge in [-0.25, -0.2) is 0 Å². The second-order valence-electron chi connectivity index (χ2n) is 3.21. The van der Waals surface area contributed by atoms with E-state index in [9.17, 15) is 4.79 Å². The Morgan fingerprint density at radius 2 is 1.91 bits per heavy atom. The second-order valence-corrected chi connectivity index (χ2v) is 3.21. The average molecular weight is 215 g/mol. The maximum atomic E-state index is 10.6. The number of hydrogen-bond acceptors (Lipinski definition) is 1. The van der Waals surface area contributed by atoms with Crippen molar-refractivity contribution >= 4 is 25.8 Å². The van der Waals surface area contributed by atoms with Crippen molar-refractivity contribution in [3.63, 3.8) is 0 Å². The third-order valence-electron chi connectivity index (χ3n) is 2.43. The zero-order valence-electron chi connectivity index (χ0n) is 6.34. The minimum absolute atomic E-state index is 0. The SMILES string of the molecule is CC1CCCCC1C(=O)O.[GaH3]. The fraction of sp³-hybridized carbons (Fsp3) is 0.875. The summed E-state index contributed by atoms with van der Waals surface area (Å²) in [6.45, 7) is 2.04. The molecule has 0 bridgehead atoms. The molecule has 64 valence electrons. The van der Waals surface area contributed by atoms with E-state index in [1.807, 2.05) is 6.92 Å². The van der Waals surface area contributed by atoms with Gasteiger partial charge in [0.25, 0.3) is 0 Å². The van der Waals surface area contributed by atoms with E-state index >= 15 is 0 Å². The zero-order valence-corrected chi connectivity index (χ0v) is 6.34. The van der Waals surface area contributed by atoms with Crippen molar-refractivity contribution in [3.05, 3.63) is 0 Å². The van der Waals surface area contributed by atoms with Crippen molar-refractivity contribution in [2.75, 3.05) is 0 Å². The van der Waals surface area contributed by atoms with Crippen LogP contribution in [0.5, 0.6) is 0 Å². The van der Waals surface area contributed by atoms with E-state index in [0.717, 1.165) is 19.3 Å². The number of rotatable bonds is 1. The van der Waals surface area contributed by atoms with E-state index in [1.54, 1.807) is 0 Å². The van der Waals surface area contributed by atoms with Crippen LogP contribution in [0.2, 0.25) is 0 Å². The molecule has 0 aromatic rings. The van der Waals surface area contributed by atoms with E-state index < -0.39 is 5.97 Å². The molecule has 0 radical (unpaired) electrons. The summed E-state index contributed by atoms with van der Waals surface area (Å²) < 4.78 is 0. The minimum atomic E-state index is -0.604. The fourth-order valence-electron chi connectivity index (χ4n) is 1.68. The van der Waals surface area contributed by atoms with Gasteiger partial charge in [-0.05, 0) is 18.8 Å². The summed E-state index contributed by atoms with van der Waals surface area (Å²) in [5, 5.41) is 8.71. The first-order valence-electron chi connectivity index (χ1n) is 3.94. The molecule has 1 N–H and O–H groups in total. The van der Waals surface area contributed by atoms with Crippen molar-refractivity contribution in [2.24, 2.45) is 11.8 Å². The molecule has 0 heterocycles. The van der Waals surface area contributed by atoms with Crippen molar-refractivity contribution in [1.29, 1.82) is 0 Å². The molecular formula is C8H17GaO2. The van der Waals surface area contributed by atoms with Gasteiger partial charge in [0.2, 0.25) is 0 Å². The Balaban J connectivity index is 0.000001000. The third-order valence-corrected chi connectivity index (χ3v) is 2.43. The van der Waals surface area contributed by atoms with Crippen molar-refractivity contribution < 1.29 is 9.90 Å². The van der Waals surface area contributed by atoms with E-state index in [4.69, 9.17) is 5.11 Å². The van der Waals surface area contributed by atoms with Gasteiger partial charge in [0.15, 0.2) is 0 Å². The predicted octanol–water partition coefficient (Wildman–Crippen LogP) is 0.713. The summed E-state index contributed by atoms with van der Waals surface area (Å²) in [4.78, 5) is 10.6. The molecule has 1 aliphatic rings. The first-order valence-corrected chi connectivity index (χ1v) is 3.94. The van der Waals surface area contributed by atoms with Crippen molar-refractivity contribution in [3.8, 4) is 0 Å². The van der Waals surface area contributed by atoms with Gasteiger partial charge in [0, 0.05) is 0 Å². The first-order chi connectivity index (χ1) is 4.72. The van der Waals surface area contributed by atoms with Gasteiger partial charge in [-0.3, -0.25) is 4.79 Å². The molecule has 2 atom stereocenters. The third kappa shape index (κ3) is 2.91. The van der Waals surface area contributed by atoms with E-state index in [2.05, 4.69) is 0 Å². The van der Waals surface area contributed by atoms with E-state index in [0.29, 0.717) is 5.92 Å². The van der Waals surface area contributed by atoms with Gasteiger partial charge in [0.05, 0.1) is 5.92 Å². The molecule has 0 saturated heterocycles. The molecular weight excluding hydrogens is 198 g/mol. The molecule has 0 spiro atoms. The number of carboxylic acids is 1. The quantitative estimate of drug-likeness (QED) is 0.654. The van der Waals surface area contributed by atoms with Crippen LogP contribution < -0.4 is 0 Å². The molecule has 1 fully saturated rings. The van der Waals surface area contributed by atoms with Gasteiger partial charge in [0.1, 0.15) is 0 Å². The standard InChI is InChI=1S/C8H14O2.Ga.3H/c1-6-4-2-3-5-7(6)8(9)10;;;;/h6-7H,2-5H2,1H3,(H,9,10);;;;. The Morgan fingerprint density at radius 1 is 1.36 bits per heavy atom. The Morgan fingerprint density at radius 3 is 2.27 bits per heavy atom. The molecule has 0 aliphatic heterocycles. The number of aliphatic carboxylic acids is 1. The monoisotopic (exact) mass is 214 g/mol. The van der Waals surface area contributed by atoms with Gasteiger partial charge >= 0.3 is 25.8 Å². The Labute approximate surface area is 80.4 Å². The summed E-state index contributed by atoms with van der Waals surface area (Å²) in [6.07, 6.45) is 4.29. The summed E-state index contributed by atoms with van der Waals surface area (Å²) in [5.41, 5.74) is 0. The van der Waals surface area contributed by atoms with Crippen molar-refractivity contribution in [1.82, 2.24) is 0 Å². The Bertz CT molecular complexity index is 136. The maximum absolute atomic E-state index is 10.6.